The van der Waals surface area contributed by atoms with Crippen LogP contribution in [0.15, 0.2) is 60.7 Å². The van der Waals surface area contributed by atoms with E-state index in [4.69, 9.17) is 26.2 Å². The lowest BCUT2D eigenvalue weighted by Crippen LogP contribution is -2.13. The van der Waals surface area contributed by atoms with Gasteiger partial charge in [0.15, 0.2) is 11.5 Å². The summed E-state index contributed by atoms with van der Waals surface area (Å²) in [5, 5.41) is 12.8. The van der Waals surface area contributed by atoms with Gasteiger partial charge < -0.3 is 19.9 Å². The minimum atomic E-state index is -0.930. The number of carboxylic acids is 1. The summed E-state index contributed by atoms with van der Waals surface area (Å²) in [4.78, 5) is 10.9. The van der Waals surface area contributed by atoms with Crippen LogP contribution in [0, 0.1) is 6.92 Å². The van der Waals surface area contributed by atoms with E-state index in [0.29, 0.717) is 36.2 Å². The molecule has 3 aromatic carbocycles. The molecule has 0 aromatic heterocycles. The van der Waals surface area contributed by atoms with E-state index < -0.39 is 5.97 Å². The Bertz CT molecular complexity index is 1010. The number of nitrogens with one attached hydrogen (secondary N) is 1. The highest BCUT2D eigenvalue weighted by atomic mass is 35.5. The van der Waals surface area contributed by atoms with Crippen molar-refractivity contribution < 1.29 is 19.4 Å². The molecule has 0 atom stereocenters. The normalized spacial score (nSPS) is 10.3. The van der Waals surface area contributed by atoms with E-state index in [1.54, 1.807) is 31.4 Å². The Kier molecular flexibility index (Phi) is 9.19. The monoisotopic (exact) mass is 461 g/mol. The number of methoxy groups -OCH3 is 1. The van der Waals surface area contributed by atoms with Crippen LogP contribution in [0.1, 0.15) is 32.6 Å². The summed E-state index contributed by atoms with van der Waals surface area (Å²) in [5.41, 5.74) is 4.48. The molecule has 0 heterocycles. The molecule has 7 heteroatoms. The number of aryl methyl sites for hydroxylation is 1. The van der Waals surface area contributed by atoms with Crippen molar-refractivity contribution in [2.45, 2.75) is 26.6 Å². The standard InChI is InChI=1S/C24H24ClNO4.ClH/c1-16-3-5-18(6-4-16)15-30-23-21(25)11-19(12-22(23)29-2)14-26-13-17-7-9-20(10-8-17)24(27)28;/h3-12,26H,13-15H2,1-2H3,(H,27,28);1H. The predicted molar refractivity (Wildman–Crippen MR) is 125 cm³/mol. The van der Waals surface area contributed by atoms with Crippen molar-refractivity contribution in [3.63, 3.8) is 0 Å². The number of carbonyl (C=O) groups is 1. The first-order valence-electron chi connectivity index (χ1n) is 9.54. The molecule has 0 radical (unpaired) electrons. The largest absolute Gasteiger partial charge is 0.493 e. The predicted octanol–water partition coefficient (Wildman–Crippen LogP) is 5.65. The quantitative estimate of drug-likeness (QED) is 0.431. The molecule has 0 saturated heterocycles. The number of carboxylic acid groups (broad SMARTS) is 1. The summed E-state index contributed by atoms with van der Waals surface area (Å²) in [7, 11) is 1.59. The van der Waals surface area contributed by atoms with Crippen molar-refractivity contribution in [3.05, 3.63) is 93.5 Å². The number of halogens is 2. The first-order valence-corrected chi connectivity index (χ1v) is 9.92. The van der Waals surface area contributed by atoms with Gasteiger partial charge in [-0.15, -0.1) is 12.4 Å². The van der Waals surface area contributed by atoms with E-state index in [1.165, 1.54) is 5.56 Å². The van der Waals surface area contributed by atoms with Gasteiger partial charge in [0.05, 0.1) is 17.7 Å². The summed E-state index contributed by atoms with van der Waals surface area (Å²) >= 11 is 6.46. The molecule has 0 spiro atoms. The molecule has 164 valence electrons. The van der Waals surface area contributed by atoms with Gasteiger partial charge in [0.25, 0.3) is 0 Å². The van der Waals surface area contributed by atoms with Crippen molar-refractivity contribution >= 4 is 30.0 Å². The molecule has 5 nitrogen and oxygen atoms in total. The lowest BCUT2D eigenvalue weighted by atomic mass is 10.1. The molecule has 31 heavy (non-hydrogen) atoms. The molecule has 0 amide bonds. The Hall–Kier alpha value is -2.73. The number of rotatable bonds is 9. The summed E-state index contributed by atoms with van der Waals surface area (Å²) in [6.45, 7) is 3.63. The average Bonchev–Trinajstić information content (AvgIpc) is 2.74. The van der Waals surface area contributed by atoms with E-state index in [1.807, 2.05) is 43.3 Å². The van der Waals surface area contributed by atoms with Crippen molar-refractivity contribution in [2.24, 2.45) is 0 Å². The van der Waals surface area contributed by atoms with Crippen LogP contribution in [-0.4, -0.2) is 18.2 Å². The molecular weight excluding hydrogens is 437 g/mol. The van der Waals surface area contributed by atoms with Gasteiger partial charge in [-0.2, -0.15) is 0 Å². The molecule has 0 unspecified atom stereocenters. The van der Waals surface area contributed by atoms with Gasteiger partial charge in [0, 0.05) is 13.1 Å². The molecule has 0 fully saturated rings. The van der Waals surface area contributed by atoms with Crippen LogP contribution in [0.2, 0.25) is 5.02 Å². The molecule has 0 saturated carbocycles. The summed E-state index contributed by atoms with van der Waals surface area (Å²) in [5.74, 6) is 0.172. The Morgan fingerprint density at radius 2 is 1.58 bits per heavy atom. The summed E-state index contributed by atoms with van der Waals surface area (Å²) in [6, 6.07) is 18.7. The first kappa shape index (κ1) is 24.5. The van der Waals surface area contributed by atoms with E-state index in [9.17, 15) is 4.79 Å². The fraction of sp³-hybridized carbons (Fsp3) is 0.208. The maximum absolute atomic E-state index is 10.9. The van der Waals surface area contributed by atoms with Gasteiger partial charge in [0.1, 0.15) is 6.61 Å². The maximum Gasteiger partial charge on any atom is 0.335 e. The third-order valence-corrected chi connectivity index (χ3v) is 4.93. The molecule has 0 bridgehead atoms. The van der Waals surface area contributed by atoms with Gasteiger partial charge in [-0.3, -0.25) is 0 Å². The summed E-state index contributed by atoms with van der Waals surface area (Å²) in [6.07, 6.45) is 0. The number of hydrogen-bond acceptors (Lipinski definition) is 4. The minimum Gasteiger partial charge on any atom is -0.493 e. The van der Waals surface area contributed by atoms with Gasteiger partial charge in [-0.05, 0) is 47.9 Å². The SMILES string of the molecule is COc1cc(CNCc2ccc(C(=O)O)cc2)cc(Cl)c1OCc1ccc(C)cc1.Cl. The average molecular weight is 462 g/mol. The molecule has 3 aromatic rings. The lowest BCUT2D eigenvalue weighted by Gasteiger charge is -2.15. The second-order valence-corrected chi connectivity index (χ2v) is 7.40. The number of benzene rings is 3. The zero-order valence-corrected chi connectivity index (χ0v) is 18.9. The molecule has 2 N–H and O–H groups in total. The van der Waals surface area contributed by atoms with Gasteiger partial charge in [-0.1, -0.05) is 53.6 Å². The maximum atomic E-state index is 10.9. The van der Waals surface area contributed by atoms with Gasteiger partial charge >= 0.3 is 5.97 Å². The molecule has 0 aliphatic heterocycles. The van der Waals surface area contributed by atoms with Crippen LogP contribution in [0.4, 0.5) is 0 Å². The third-order valence-electron chi connectivity index (χ3n) is 4.65. The van der Waals surface area contributed by atoms with E-state index in [2.05, 4.69) is 5.32 Å². The topological polar surface area (TPSA) is 67.8 Å². The number of aromatic carboxylic acids is 1. The van der Waals surface area contributed by atoms with Crippen molar-refractivity contribution in [2.75, 3.05) is 7.11 Å². The Labute approximate surface area is 193 Å². The fourth-order valence-electron chi connectivity index (χ4n) is 2.97. The lowest BCUT2D eigenvalue weighted by molar-refractivity contribution is 0.0697. The van der Waals surface area contributed by atoms with Gasteiger partial charge in [-0.25, -0.2) is 4.79 Å². The second kappa shape index (κ2) is 11.6. The smallest absolute Gasteiger partial charge is 0.335 e. The van der Waals surface area contributed by atoms with Crippen LogP contribution in [0.5, 0.6) is 11.5 Å². The van der Waals surface area contributed by atoms with Crippen molar-refractivity contribution in [1.29, 1.82) is 0 Å². The highest BCUT2D eigenvalue weighted by Crippen LogP contribution is 2.37. The number of ether oxygens (including phenoxy) is 2. The number of hydrogen-bond donors (Lipinski definition) is 2. The highest BCUT2D eigenvalue weighted by molar-refractivity contribution is 6.32. The van der Waals surface area contributed by atoms with Crippen LogP contribution in [0.3, 0.4) is 0 Å². The van der Waals surface area contributed by atoms with E-state index in [-0.39, 0.29) is 18.0 Å². The zero-order valence-electron chi connectivity index (χ0n) is 17.4. The summed E-state index contributed by atoms with van der Waals surface area (Å²) < 4.78 is 11.4. The van der Waals surface area contributed by atoms with Gasteiger partial charge in [0.2, 0.25) is 0 Å². The Morgan fingerprint density at radius 1 is 0.968 bits per heavy atom. The van der Waals surface area contributed by atoms with Crippen LogP contribution < -0.4 is 14.8 Å². The van der Waals surface area contributed by atoms with Crippen molar-refractivity contribution in [1.82, 2.24) is 5.32 Å². The Morgan fingerprint density at radius 3 is 2.19 bits per heavy atom. The zero-order chi connectivity index (χ0) is 21.5. The molecular formula is C24H25Cl2NO4. The molecule has 0 aliphatic rings. The highest BCUT2D eigenvalue weighted by Gasteiger charge is 2.12. The minimum absolute atomic E-state index is 0. The van der Waals surface area contributed by atoms with Crippen LogP contribution >= 0.6 is 24.0 Å². The van der Waals surface area contributed by atoms with Crippen molar-refractivity contribution in [3.8, 4) is 11.5 Å². The first-order chi connectivity index (χ1) is 14.5. The fourth-order valence-corrected chi connectivity index (χ4v) is 3.26. The van der Waals surface area contributed by atoms with E-state index in [0.717, 1.165) is 16.7 Å². The molecule has 3 rings (SSSR count). The molecule has 0 aliphatic carbocycles. The Balaban J connectivity index is 0.00000341. The van der Waals surface area contributed by atoms with Crippen LogP contribution in [-0.2, 0) is 19.7 Å². The third kappa shape index (κ3) is 6.89. The van der Waals surface area contributed by atoms with E-state index >= 15 is 0 Å². The van der Waals surface area contributed by atoms with Crippen LogP contribution in [0.25, 0.3) is 0 Å². The second-order valence-electron chi connectivity index (χ2n) is 6.99.